The van der Waals surface area contributed by atoms with Crippen LogP contribution in [-0.4, -0.2) is 41.2 Å². The van der Waals surface area contributed by atoms with E-state index in [9.17, 15) is 9.59 Å². The lowest BCUT2D eigenvalue weighted by molar-refractivity contribution is -0.150. The van der Waals surface area contributed by atoms with Crippen LogP contribution in [0.15, 0.2) is 44.7 Å². The fourth-order valence-electron chi connectivity index (χ4n) is 3.19. The highest BCUT2D eigenvalue weighted by Gasteiger charge is 2.21. The molecule has 0 bridgehead atoms. The van der Waals surface area contributed by atoms with E-state index < -0.39 is 12.1 Å². The molecule has 0 saturated heterocycles. The quantitative estimate of drug-likeness (QED) is 0.275. The molecule has 1 atom stereocenters. The molecule has 0 aliphatic rings. The number of carbonyl (C=O) groups excluding carboxylic acids is 1. The minimum Gasteiger partial charge on any atom is -0.490 e. The Bertz CT molecular complexity index is 1290. The monoisotopic (exact) mass is 549 g/mol. The molecular formula is C24H25BrClN3O5. The number of hydrogen-bond acceptors (Lipinski definition) is 7. The van der Waals surface area contributed by atoms with Crippen LogP contribution in [0.4, 0.5) is 0 Å². The number of esters is 1. The van der Waals surface area contributed by atoms with Gasteiger partial charge in [-0.05, 0) is 56.7 Å². The van der Waals surface area contributed by atoms with Crippen molar-refractivity contribution in [3.05, 3.63) is 61.6 Å². The van der Waals surface area contributed by atoms with E-state index >= 15 is 0 Å². The number of benzene rings is 2. The molecule has 0 spiro atoms. The van der Waals surface area contributed by atoms with Crippen molar-refractivity contribution >= 4 is 50.6 Å². The van der Waals surface area contributed by atoms with E-state index in [-0.39, 0.29) is 22.9 Å². The maximum atomic E-state index is 13.1. The fraction of sp³-hybridized carbons (Fsp3) is 0.333. The van der Waals surface area contributed by atoms with E-state index in [1.807, 2.05) is 19.9 Å². The van der Waals surface area contributed by atoms with Gasteiger partial charge in [-0.25, -0.2) is 9.78 Å². The number of ether oxygens (including phenoxy) is 3. The largest absolute Gasteiger partial charge is 0.490 e. The summed E-state index contributed by atoms with van der Waals surface area (Å²) in [6, 6.07) is 8.64. The second-order valence-electron chi connectivity index (χ2n) is 7.18. The van der Waals surface area contributed by atoms with Gasteiger partial charge in [0.1, 0.15) is 5.82 Å². The van der Waals surface area contributed by atoms with Crippen molar-refractivity contribution in [3.8, 4) is 11.5 Å². The maximum absolute atomic E-state index is 13.1. The minimum atomic E-state index is -0.870. The van der Waals surface area contributed by atoms with E-state index in [2.05, 4.69) is 26.0 Å². The predicted octanol–water partition coefficient (Wildman–Crippen LogP) is 4.99. The summed E-state index contributed by atoms with van der Waals surface area (Å²) < 4.78 is 18.5. The second kappa shape index (κ2) is 11.5. The lowest BCUT2D eigenvalue weighted by Crippen LogP contribution is -2.26. The van der Waals surface area contributed by atoms with Crippen LogP contribution in [0.1, 0.15) is 39.1 Å². The second-order valence-corrected chi connectivity index (χ2v) is 8.50. The number of aryl methyl sites for hydroxylation is 1. The molecule has 2 aromatic carbocycles. The highest BCUT2D eigenvalue weighted by Crippen LogP contribution is 2.37. The van der Waals surface area contributed by atoms with E-state index in [0.717, 1.165) is 4.47 Å². The highest BCUT2D eigenvalue weighted by atomic mass is 79.9. The van der Waals surface area contributed by atoms with Gasteiger partial charge in [0, 0.05) is 10.9 Å². The molecule has 10 heteroatoms. The van der Waals surface area contributed by atoms with Gasteiger partial charge in [-0.3, -0.25) is 4.79 Å². The third kappa shape index (κ3) is 5.77. The van der Waals surface area contributed by atoms with E-state index in [0.29, 0.717) is 41.1 Å². The zero-order chi connectivity index (χ0) is 24.8. The Kier molecular flexibility index (Phi) is 8.68. The van der Waals surface area contributed by atoms with Gasteiger partial charge in [-0.2, -0.15) is 9.78 Å². The van der Waals surface area contributed by atoms with E-state index in [1.54, 1.807) is 38.1 Å². The zero-order valence-electron chi connectivity index (χ0n) is 19.3. The number of fused-ring (bicyclic) bond motifs is 1. The standard InChI is InChI=1S/C24H25BrClN3O5/c1-5-21-28-19-9-8-16(25)12-17(19)23(30)29(21)27-13-15-10-18(26)22(20(11-15)32-6-2)34-14(4)24(31)33-7-3/h8-14H,5-7H2,1-4H3/t14-/m1/s1. The van der Waals surface area contributed by atoms with Gasteiger partial charge < -0.3 is 14.2 Å². The predicted molar refractivity (Wildman–Crippen MR) is 135 cm³/mol. The van der Waals surface area contributed by atoms with Crippen LogP contribution in [0, 0.1) is 0 Å². The molecule has 0 fully saturated rings. The molecule has 0 aliphatic heterocycles. The van der Waals surface area contributed by atoms with Gasteiger partial charge in [0.05, 0.1) is 35.4 Å². The van der Waals surface area contributed by atoms with Crippen molar-refractivity contribution < 1.29 is 19.0 Å². The number of rotatable bonds is 9. The Morgan fingerprint density at radius 2 is 2.00 bits per heavy atom. The summed E-state index contributed by atoms with van der Waals surface area (Å²) in [5.41, 5.74) is 0.905. The smallest absolute Gasteiger partial charge is 0.347 e. The Balaban J connectivity index is 2.00. The van der Waals surface area contributed by atoms with Crippen LogP contribution in [0.3, 0.4) is 0 Å². The Hall–Kier alpha value is -2.91. The summed E-state index contributed by atoms with van der Waals surface area (Å²) in [6.45, 7) is 7.61. The van der Waals surface area contributed by atoms with Crippen LogP contribution in [0.25, 0.3) is 10.9 Å². The van der Waals surface area contributed by atoms with Crippen molar-refractivity contribution in [2.24, 2.45) is 5.10 Å². The lowest BCUT2D eigenvalue weighted by Gasteiger charge is -2.18. The summed E-state index contributed by atoms with van der Waals surface area (Å²) in [4.78, 5) is 29.6. The first kappa shape index (κ1) is 25.7. The summed E-state index contributed by atoms with van der Waals surface area (Å²) in [5.74, 6) is 0.588. The van der Waals surface area contributed by atoms with Gasteiger partial charge in [-0.15, -0.1) is 0 Å². The molecule has 0 saturated carbocycles. The average molecular weight is 551 g/mol. The first-order valence-corrected chi connectivity index (χ1v) is 12.0. The summed E-state index contributed by atoms with van der Waals surface area (Å²) in [7, 11) is 0. The third-order valence-corrected chi connectivity index (χ3v) is 5.53. The first-order valence-electron chi connectivity index (χ1n) is 10.8. The molecule has 0 amide bonds. The molecule has 8 nitrogen and oxygen atoms in total. The van der Waals surface area contributed by atoms with E-state index in [4.69, 9.17) is 25.8 Å². The van der Waals surface area contributed by atoms with Crippen molar-refractivity contribution in [1.29, 1.82) is 0 Å². The molecule has 3 rings (SSSR count). The first-order chi connectivity index (χ1) is 16.3. The minimum absolute atomic E-state index is 0.227. The average Bonchev–Trinajstić information content (AvgIpc) is 2.81. The summed E-state index contributed by atoms with van der Waals surface area (Å²) >= 11 is 9.85. The highest BCUT2D eigenvalue weighted by molar-refractivity contribution is 9.10. The van der Waals surface area contributed by atoms with Crippen molar-refractivity contribution in [1.82, 2.24) is 9.66 Å². The van der Waals surface area contributed by atoms with E-state index in [1.165, 1.54) is 10.9 Å². The molecule has 0 unspecified atom stereocenters. The zero-order valence-corrected chi connectivity index (χ0v) is 21.6. The van der Waals surface area contributed by atoms with Gasteiger partial charge in [0.15, 0.2) is 17.6 Å². The van der Waals surface area contributed by atoms with Crippen molar-refractivity contribution in [2.45, 2.75) is 40.2 Å². The maximum Gasteiger partial charge on any atom is 0.347 e. The number of aromatic nitrogens is 2. The third-order valence-electron chi connectivity index (χ3n) is 4.76. The molecule has 0 N–H and O–H groups in total. The summed E-state index contributed by atoms with van der Waals surface area (Å²) in [5, 5.41) is 5.07. The molecule has 180 valence electrons. The fourth-order valence-corrected chi connectivity index (χ4v) is 3.82. The molecule has 0 aliphatic carbocycles. The van der Waals surface area contributed by atoms with Gasteiger partial charge in [0.2, 0.25) is 0 Å². The van der Waals surface area contributed by atoms with Crippen LogP contribution in [0.5, 0.6) is 11.5 Å². The van der Waals surface area contributed by atoms with Gasteiger partial charge in [-0.1, -0.05) is 34.5 Å². The molecule has 1 heterocycles. The summed E-state index contributed by atoms with van der Waals surface area (Å²) in [6.07, 6.45) is 1.14. The Labute approximate surface area is 210 Å². The SMILES string of the molecule is CCOC(=O)[C@@H](C)Oc1c(Cl)cc(C=Nn2c(CC)nc3ccc(Br)cc3c2=O)cc1OCC. The van der Waals surface area contributed by atoms with Crippen molar-refractivity contribution in [2.75, 3.05) is 13.2 Å². The molecular weight excluding hydrogens is 526 g/mol. The Morgan fingerprint density at radius 3 is 2.68 bits per heavy atom. The normalized spacial score (nSPS) is 12.2. The van der Waals surface area contributed by atoms with Crippen LogP contribution in [-0.2, 0) is 16.0 Å². The topological polar surface area (TPSA) is 92.0 Å². The van der Waals surface area contributed by atoms with Crippen LogP contribution < -0.4 is 15.0 Å². The van der Waals surface area contributed by atoms with Crippen LogP contribution >= 0.6 is 27.5 Å². The number of halogens is 2. The number of carbonyl (C=O) groups is 1. The van der Waals surface area contributed by atoms with Gasteiger partial charge in [0.25, 0.3) is 5.56 Å². The van der Waals surface area contributed by atoms with Crippen molar-refractivity contribution in [3.63, 3.8) is 0 Å². The molecule has 3 aromatic rings. The molecule has 1 aromatic heterocycles. The number of nitrogens with zero attached hydrogens (tertiary/aromatic N) is 3. The van der Waals surface area contributed by atoms with Gasteiger partial charge >= 0.3 is 5.97 Å². The van der Waals surface area contributed by atoms with Crippen LogP contribution in [0.2, 0.25) is 5.02 Å². The lowest BCUT2D eigenvalue weighted by atomic mass is 10.2. The Morgan fingerprint density at radius 1 is 1.24 bits per heavy atom. The molecule has 34 heavy (non-hydrogen) atoms. The number of hydrogen-bond donors (Lipinski definition) is 0. The molecule has 0 radical (unpaired) electrons.